The summed E-state index contributed by atoms with van der Waals surface area (Å²) in [6, 6.07) is 0. The van der Waals surface area contributed by atoms with E-state index in [0.717, 1.165) is 25.0 Å². The van der Waals surface area contributed by atoms with E-state index in [0.29, 0.717) is 6.42 Å². The number of nitriles is 1. The number of hydrogen-bond acceptors (Lipinski definition) is 4. The van der Waals surface area contributed by atoms with Crippen LogP contribution in [0.15, 0.2) is 0 Å². The van der Waals surface area contributed by atoms with Crippen LogP contribution in [0.5, 0.6) is 0 Å². The molecular weight excluding hydrogens is 198 g/mol. The Bertz CT molecular complexity index is 239. The fourth-order valence-electron chi connectivity index (χ4n) is 0.860. The molecule has 76 valence electrons. The molecule has 0 spiro atoms. The van der Waals surface area contributed by atoms with Gasteiger partial charge < -0.3 is 4.74 Å². The molecule has 0 aliphatic carbocycles. The predicted octanol–water partition coefficient (Wildman–Crippen LogP) is 1.94. The summed E-state index contributed by atoms with van der Waals surface area (Å²) in [5.74, 6) is 2.82. The van der Waals surface area contributed by atoms with Gasteiger partial charge >= 0.3 is 5.97 Å². The third kappa shape index (κ3) is 8.96. The first-order valence-corrected chi connectivity index (χ1v) is 5.39. The van der Waals surface area contributed by atoms with Crippen molar-refractivity contribution in [2.75, 3.05) is 12.4 Å². The Morgan fingerprint density at radius 3 is 2.86 bits per heavy atom. The largest absolute Gasteiger partial charge is 0.452 e. The maximum atomic E-state index is 10.9. The van der Waals surface area contributed by atoms with Crippen LogP contribution in [-0.4, -0.2) is 18.3 Å². The fraction of sp³-hybridized carbons (Fsp3) is 0.600. The smallest absolute Gasteiger partial charge is 0.306 e. The van der Waals surface area contributed by atoms with Gasteiger partial charge in [-0.15, -0.1) is 6.42 Å². The van der Waals surface area contributed by atoms with E-state index in [1.807, 2.05) is 5.40 Å². The average Bonchev–Trinajstić information content (AvgIpc) is 2.20. The van der Waals surface area contributed by atoms with Crippen LogP contribution in [0.1, 0.15) is 25.7 Å². The maximum absolute atomic E-state index is 10.9. The van der Waals surface area contributed by atoms with Crippen molar-refractivity contribution in [1.82, 2.24) is 0 Å². The molecule has 14 heavy (non-hydrogen) atoms. The lowest BCUT2D eigenvalue weighted by Crippen LogP contribution is -2.04. The molecule has 0 aromatic carbocycles. The molecule has 0 heterocycles. The van der Waals surface area contributed by atoms with Gasteiger partial charge in [0.15, 0.2) is 6.61 Å². The van der Waals surface area contributed by atoms with E-state index in [2.05, 4.69) is 10.7 Å². The lowest BCUT2D eigenvalue weighted by atomic mass is 10.2. The van der Waals surface area contributed by atoms with Crippen molar-refractivity contribution in [3.63, 3.8) is 0 Å². The van der Waals surface area contributed by atoms with Crippen LogP contribution < -0.4 is 0 Å². The van der Waals surface area contributed by atoms with Crippen LogP contribution in [0.25, 0.3) is 0 Å². The summed E-state index contributed by atoms with van der Waals surface area (Å²) in [5.41, 5.74) is 0. The van der Waals surface area contributed by atoms with Crippen LogP contribution in [0.4, 0.5) is 0 Å². The molecule has 0 aliphatic rings. The number of thioether (sulfide) groups is 1. The third-order valence-corrected chi connectivity index (χ3v) is 2.13. The standard InChI is InChI=1S/C10H13NO2S/c1-2-7-13-10(12)6-4-3-5-8-14-9-11/h1H,3-8H2. The molecule has 0 unspecified atom stereocenters. The second kappa shape index (κ2) is 9.95. The number of unbranched alkanes of at least 4 members (excludes halogenated alkanes) is 2. The molecule has 0 rings (SSSR count). The molecule has 0 atom stereocenters. The van der Waals surface area contributed by atoms with Crippen molar-refractivity contribution < 1.29 is 9.53 Å². The second-order valence-corrected chi connectivity index (χ2v) is 3.49. The zero-order valence-corrected chi connectivity index (χ0v) is 8.81. The fourth-order valence-corrected chi connectivity index (χ4v) is 1.30. The Kier molecular flexibility index (Phi) is 9.15. The second-order valence-electron chi connectivity index (χ2n) is 2.62. The SMILES string of the molecule is C#CCOC(=O)CCCCCSC#N. The van der Waals surface area contributed by atoms with Gasteiger partial charge in [0, 0.05) is 12.2 Å². The number of ether oxygens (including phenoxy) is 1. The van der Waals surface area contributed by atoms with Crippen molar-refractivity contribution in [2.45, 2.75) is 25.7 Å². The highest BCUT2D eigenvalue weighted by Gasteiger charge is 2.00. The predicted molar refractivity (Wildman–Crippen MR) is 56.3 cm³/mol. The topological polar surface area (TPSA) is 50.1 Å². The van der Waals surface area contributed by atoms with Gasteiger partial charge in [0.1, 0.15) is 5.40 Å². The molecule has 0 aliphatic heterocycles. The lowest BCUT2D eigenvalue weighted by Gasteiger charge is -2.00. The van der Waals surface area contributed by atoms with Gasteiger partial charge in [-0.2, -0.15) is 5.26 Å². The normalized spacial score (nSPS) is 8.71. The first kappa shape index (κ1) is 12.9. The molecule has 0 saturated heterocycles. The van der Waals surface area contributed by atoms with Crippen LogP contribution in [0.3, 0.4) is 0 Å². The third-order valence-electron chi connectivity index (χ3n) is 1.51. The molecule has 0 saturated carbocycles. The van der Waals surface area contributed by atoms with E-state index in [1.165, 1.54) is 11.8 Å². The van der Waals surface area contributed by atoms with E-state index in [4.69, 9.17) is 11.7 Å². The molecule has 3 nitrogen and oxygen atoms in total. The van der Waals surface area contributed by atoms with E-state index < -0.39 is 0 Å². The number of carbonyl (C=O) groups excluding carboxylic acids is 1. The van der Waals surface area contributed by atoms with Gasteiger partial charge in [-0.3, -0.25) is 4.79 Å². The minimum Gasteiger partial charge on any atom is -0.452 e. The molecule has 0 fully saturated rings. The Hall–Kier alpha value is -1.13. The van der Waals surface area contributed by atoms with E-state index in [1.54, 1.807) is 0 Å². The molecular formula is C10H13NO2S. The number of esters is 1. The zero-order chi connectivity index (χ0) is 10.6. The van der Waals surface area contributed by atoms with Gasteiger partial charge in [0.05, 0.1) is 0 Å². The van der Waals surface area contributed by atoms with Crippen LogP contribution in [-0.2, 0) is 9.53 Å². The highest BCUT2D eigenvalue weighted by Crippen LogP contribution is 2.06. The number of carbonyl (C=O) groups is 1. The number of rotatable bonds is 7. The number of terminal acetylenes is 1. The van der Waals surface area contributed by atoms with Crippen LogP contribution in [0.2, 0.25) is 0 Å². The Morgan fingerprint density at radius 1 is 1.43 bits per heavy atom. The zero-order valence-electron chi connectivity index (χ0n) is 7.99. The highest BCUT2D eigenvalue weighted by molar-refractivity contribution is 8.03. The summed E-state index contributed by atoms with van der Waals surface area (Å²) >= 11 is 1.24. The number of hydrogen-bond donors (Lipinski definition) is 0. The van der Waals surface area contributed by atoms with Gasteiger partial charge in [0.25, 0.3) is 0 Å². The van der Waals surface area contributed by atoms with Gasteiger partial charge in [0.2, 0.25) is 0 Å². The Labute approximate surface area is 88.8 Å². The molecule has 0 bridgehead atoms. The lowest BCUT2D eigenvalue weighted by molar-refractivity contribution is -0.142. The Morgan fingerprint density at radius 2 is 2.21 bits per heavy atom. The number of thiocyanates is 1. The van der Waals surface area contributed by atoms with Crippen molar-refractivity contribution >= 4 is 17.7 Å². The highest BCUT2D eigenvalue weighted by atomic mass is 32.2. The van der Waals surface area contributed by atoms with Gasteiger partial charge in [-0.05, 0) is 24.6 Å². The molecule has 0 radical (unpaired) electrons. The summed E-state index contributed by atoms with van der Waals surface area (Å²) in [6.07, 6.45) is 8.05. The minimum absolute atomic E-state index is 0.0586. The molecule has 0 N–H and O–H groups in total. The summed E-state index contributed by atoms with van der Waals surface area (Å²) in [6.45, 7) is 0.0586. The van der Waals surface area contributed by atoms with Gasteiger partial charge in [-0.25, -0.2) is 0 Å². The Balaban J connectivity index is 3.16. The quantitative estimate of drug-likeness (QED) is 0.279. The minimum atomic E-state index is -0.240. The molecule has 0 aromatic rings. The van der Waals surface area contributed by atoms with E-state index >= 15 is 0 Å². The molecule has 0 amide bonds. The molecule has 4 heteroatoms. The number of nitrogens with zero attached hydrogens (tertiary/aromatic N) is 1. The summed E-state index contributed by atoms with van der Waals surface area (Å²) in [5, 5.41) is 10.2. The maximum Gasteiger partial charge on any atom is 0.306 e. The first-order valence-electron chi connectivity index (χ1n) is 4.41. The first-order chi connectivity index (χ1) is 6.81. The van der Waals surface area contributed by atoms with Crippen molar-refractivity contribution in [1.29, 1.82) is 5.26 Å². The van der Waals surface area contributed by atoms with Crippen molar-refractivity contribution in [2.24, 2.45) is 0 Å². The average molecular weight is 211 g/mol. The summed E-state index contributed by atoms with van der Waals surface area (Å²) in [7, 11) is 0. The van der Waals surface area contributed by atoms with Crippen LogP contribution >= 0.6 is 11.8 Å². The summed E-state index contributed by atoms with van der Waals surface area (Å²) in [4.78, 5) is 10.9. The van der Waals surface area contributed by atoms with Gasteiger partial charge in [-0.1, -0.05) is 12.3 Å². The van der Waals surface area contributed by atoms with Crippen molar-refractivity contribution in [3.05, 3.63) is 0 Å². The summed E-state index contributed by atoms with van der Waals surface area (Å²) < 4.78 is 4.69. The van der Waals surface area contributed by atoms with Crippen molar-refractivity contribution in [3.8, 4) is 17.7 Å². The molecule has 0 aromatic heterocycles. The van der Waals surface area contributed by atoms with E-state index in [-0.39, 0.29) is 12.6 Å². The monoisotopic (exact) mass is 211 g/mol. The van der Waals surface area contributed by atoms with Crippen LogP contribution in [0, 0.1) is 23.0 Å². The van der Waals surface area contributed by atoms with E-state index in [9.17, 15) is 4.79 Å².